The summed E-state index contributed by atoms with van der Waals surface area (Å²) in [6, 6.07) is 3.01. The summed E-state index contributed by atoms with van der Waals surface area (Å²) in [5.41, 5.74) is 1.21. The van der Waals surface area contributed by atoms with E-state index in [1.165, 1.54) is 48.9 Å². The van der Waals surface area contributed by atoms with Crippen LogP contribution in [0, 0.1) is 0 Å². The first-order chi connectivity index (χ1) is 12.5. The molecule has 9 heteroatoms. The average molecular weight is 395 g/mol. The Hall–Kier alpha value is -1.84. The second-order valence-electron chi connectivity index (χ2n) is 6.23. The molecular formula is C17H22N4O3S2. The van der Waals surface area contributed by atoms with Crippen LogP contribution in [0.3, 0.4) is 0 Å². The lowest BCUT2D eigenvalue weighted by atomic mass is 10.0. The standard InChI is InChI=1S/C17H22N4O3S2/c1-21(26(23,24)13-5-4-9-18-11-13)12-16(22)19-10-8-17-20-14-6-2-3-7-15(14)25-17/h4-5,9,11H,2-3,6-8,10,12H2,1H3,(H,19,22). The number of hydrogen-bond acceptors (Lipinski definition) is 6. The molecule has 2 heterocycles. The zero-order valence-electron chi connectivity index (χ0n) is 14.6. The van der Waals surface area contributed by atoms with Crippen molar-refractivity contribution in [1.29, 1.82) is 0 Å². The molecular weight excluding hydrogens is 372 g/mol. The van der Waals surface area contributed by atoms with E-state index in [1.54, 1.807) is 17.4 Å². The number of nitrogens with zero attached hydrogens (tertiary/aromatic N) is 3. The summed E-state index contributed by atoms with van der Waals surface area (Å²) in [7, 11) is -2.33. The average Bonchev–Trinajstić information content (AvgIpc) is 3.05. The van der Waals surface area contributed by atoms with Crippen molar-refractivity contribution in [3.63, 3.8) is 0 Å². The Morgan fingerprint density at radius 3 is 2.88 bits per heavy atom. The molecule has 2 aromatic rings. The third-order valence-electron chi connectivity index (χ3n) is 4.26. The highest BCUT2D eigenvalue weighted by Crippen LogP contribution is 2.26. The normalized spacial score (nSPS) is 14.2. The summed E-state index contributed by atoms with van der Waals surface area (Å²) in [4.78, 5) is 22.0. The van der Waals surface area contributed by atoms with Crippen LogP contribution in [-0.2, 0) is 34.1 Å². The quantitative estimate of drug-likeness (QED) is 0.766. The van der Waals surface area contributed by atoms with Crippen LogP contribution in [0.5, 0.6) is 0 Å². The molecule has 0 unspecified atom stereocenters. The molecule has 0 aliphatic heterocycles. The van der Waals surface area contributed by atoms with E-state index in [4.69, 9.17) is 0 Å². The van der Waals surface area contributed by atoms with E-state index in [9.17, 15) is 13.2 Å². The van der Waals surface area contributed by atoms with Gasteiger partial charge in [0.2, 0.25) is 15.9 Å². The van der Waals surface area contributed by atoms with Crippen LogP contribution < -0.4 is 5.32 Å². The number of carbonyl (C=O) groups excluding carboxylic acids is 1. The Morgan fingerprint density at radius 2 is 2.15 bits per heavy atom. The summed E-state index contributed by atoms with van der Waals surface area (Å²) < 4.78 is 25.8. The number of carbonyl (C=O) groups is 1. The molecule has 0 saturated heterocycles. The molecule has 0 radical (unpaired) electrons. The summed E-state index contributed by atoms with van der Waals surface area (Å²) in [6.07, 6.45) is 8.03. The molecule has 26 heavy (non-hydrogen) atoms. The summed E-state index contributed by atoms with van der Waals surface area (Å²) in [5.74, 6) is -0.332. The van der Waals surface area contributed by atoms with Crippen molar-refractivity contribution in [2.24, 2.45) is 0 Å². The fourth-order valence-electron chi connectivity index (χ4n) is 2.84. The molecule has 0 atom stereocenters. The molecule has 7 nitrogen and oxygen atoms in total. The van der Waals surface area contributed by atoms with E-state index < -0.39 is 10.0 Å². The van der Waals surface area contributed by atoms with E-state index in [-0.39, 0.29) is 17.3 Å². The Balaban J connectivity index is 1.49. The molecule has 2 aromatic heterocycles. The highest BCUT2D eigenvalue weighted by Gasteiger charge is 2.23. The topological polar surface area (TPSA) is 92.3 Å². The number of amides is 1. The van der Waals surface area contributed by atoms with Gasteiger partial charge in [0, 0.05) is 37.3 Å². The number of fused-ring (bicyclic) bond motifs is 1. The molecule has 140 valence electrons. The minimum absolute atomic E-state index is 0.0728. The first kappa shape index (κ1) is 18.9. The minimum atomic E-state index is -3.71. The van der Waals surface area contributed by atoms with Gasteiger partial charge in [-0.05, 0) is 37.8 Å². The minimum Gasteiger partial charge on any atom is -0.355 e. The van der Waals surface area contributed by atoms with Crippen molar-refractivity contribution in [2.75, 3.05) is 20.1 Å². The first-order valence-electron chi connectivity index (χ1n) is 8.57. The molecule has 1 aliphatic rings. The number of nitrogens with one attached hydrogen (secondary N) is 1. The lowest BCUT2D eigenvalue weighted by Gasteiger charge is -2.16. The summed E-state index contributed by atoms with van der Waals surface area (Å²) in [6.45, 7) is 0.220. The van der Waals surface area contributed by atoms with Gasteiger partial charge in [-0.1, -0.05) is 0 Å². The molecule has 0 saturated carbocycles. The molecule has 0 spiro atoms. The van der Waals surface area contributed by atoms with E-state index in [0.717, 1.165) is 22.2 Å². The van der Waals surface area contributed by atoms with Gasteiger partial charge < -0.3 is 5.32 Å². The maximum absolute atomic E-state index is 12.4. The third kappa shape index (κ3) is 4.46. The van der Waals surface area contributed by atoms with Crippen molar-refractivity contribution >= 4 is 27.3 Å². The molecule has 0 aromatic carbocycles. The summed E-state index contributed by atoms with van der Waals surface area (Å²) >= 11 is 1.73. The van der Waals surface area contributed by atoms with Gasteiger partial charge in [0.1, 0.15) is 4.90 Å². The summed E-state index contributed by atoms with van der Waals surface area (Å²) in [5, 5.41) is 3.81. The first-order valence-corrected chi connectivity index (χ1v) is 10.8. The molecule has 3 rings (SSSR count). The van der Waals surface area contributed by atoms with Gasteiger partial charge in [-0.25, -0.2) is 13.4 Å². The SMILES string of the molecule is CN(CC(=O)NCCc1nc2c(s1)CCCC2)S(=O)(=O)c1cccnc1. The fourth-order valence-corrected chi connectivity index (χ4v) is 5.09. The zero-order chi connectivity index (χ0) is 18.6. The Kier molecular flexibility index (Phi) is 6.00. The number of rotatable bonds is 7. The lowest BCUT2D eigenvalue weighted by molar-refractivity contribution is -0.121. The van der Waals surface area contributed by atoms with Crippen molar-refractivity contribution in [3.05, 3.63) is 40.1 Å². The molecule has 1 N–H and O–H groups in total. The van der Waals surface area contributed by atoms with Crippen molar-refractivity contribution in [2.45, 2.75) is 37.0 Å². The maximum Gasteiger partial charge on any atom is 0.244 e. The number of hydrogen-bond donors (Lipinski definition) is 1. The molecule has 0 bridgehead atoms. The van der Waals surface area contributed by atoms with Gasteiger partial charge in [0.15, 0.2) is 0 Å². The second-order valence-corrected chi connectivity index (χ2v) is 9.45. The van der Waals surface area contributed by atoms with Gasteiger partial charge in [0.05, 0.1) is 17.2 Å². The number of pyridine rings is 1. The Labute approximate surface area is 157 Å². The Morgan fingerprint density at radius 1 is 1.35 bits per heavy atom. The van der Waals surface area contributed by atoms with Gasteiger partial charge in [-0.2, -0.15) is 4.31 Å². The van der Waals surface area contributed by atoms with E-state index >= 15 is 0 Å². The van der Waals surface area contributed by atoms with Crippen LogP contribution in [0.2, 0.25) is 0 Å². The van der Waals surface area contributed by atoms with E-state index in [0.29, 0.717) is 13.0 Å². The van der Waals surface area contributed by atoms with Crippen LogP contribution in [0.1, 0.15) is 28.4 Å². The van der Waals surface area contributed by atoms with Crippen LogP contribution >= 0.6 is 11.3 Å². The third-order valence-corrected chi connectivity index (χ3v) is 7.26. The zero-order valence-corrected chi connectivity index (χ0v) is 16.3. The van der Waals surface area contributed by atoms with Crippen LogP contribution in [-0.4, -0.2) is 48.7 Å². The number of sulfonamides is 1. The molecule has 1 amide bonds. The van der Waals surface area contributed by atoms with Gasteiger partial charge >= 0.3 is 0 Å². The lowest BCUT2D eigenvalue weighted by Crippen LogP contribution is -2.39. The molecule has 1 aliphatic carbocycles. The highest BCUT2D eigenvalue weighted by atomic mass is 32.2. The van der Waals surface area contributed by atoms with Crippen LogP contribution in [0.4, 0.5) is 0 Å². The van der Waals surface area contributed by atoms with Gasteiger partial charge in [-0.3, -0.25) is 9.78 Å². The predicted molar refractivity (Wildman–Crippen MR) is 99.5 cm³/mol. The number of aryl methyl sites for hydroxylation is 2. The second kappa shape index (κ2) is 8.24. The Bertz CT molecular complexity index is 842. The van der Waals surface area contributed by atoms with Crippen molar-refractivity contribution in [3.8, 4) is 0 Å². The number of likely N-dealkylation sites (N-methyl/N-ethyl adjacent to an activating group) is 1. The van der Waals surface area contributed by atoms with Crippen molar-refractivity contribution in [1.82, 2.24) is 19.6 Å². The smallest absolute Gasteiger partial charge is 0.244 e. The highest BCUT2D eigenvalue weighted by molar-refractivity contribution is 7.89. The largest absolute Gasteiger partial charge is 0.355 e. The predicted octanol–water partition coefficient (Wildman–Crippen LogP) is 1.40. The maximum atomic E-state index is 12.4. The van der Waals surface area contributed by atoms with Gasteiger partial charge in [0.25, 0.3) is 0 Å². The van der Waals surface area contributed by atoms with Gasteiger partial charge in [-0.15, -0.1) is 11.3 Å². The van der Waals surface area contributed by atoms with E-state index in [2.05, 4.69) is 15.3 Å². The van der Waals surface area contributed by atoms with E-state index in [1.807, 2.05) is 0 Å². The number of aromatic nitrogens is 2. The monoisotopic (exact) mass is 394 g/mol. The number of thiazole rings is 1. The fraction of sp³-hybridized carbons (Fsp3) is 0.471. The van der Waals surface area contributed by atoms with Crippen molar-refractivity contribution < 1.29 is 13.2 Å². The van der Waals surface area contributed by atoms with Crippen LogP contribution in [0.25, 0.3) is 0 Å². The molecule has 0 fully saturated rings. The van der Waals surface area contributed by atoms with Crippen LogP contribution in [0.15, 0.2) is 29.4 Å².